The number of hydrogen-bond donors (Lipinski definition) is 2. The molecule has 0 amide bonds. The van der Waals surface area contributed by atoms with Gasteiger partial charge in [0.1, 0.15) is 6.61 Å². The first-order chi connectivity index (χ1) is 8.69. The maximum Gasteiger partial charge on any atom is 0.338 e. The van der Waals surface area contributed by atoms with Gasteiger partial charge in [-0.1, -0.05) is 30.3 Å². The van der Waals surface area contributed by atoms with Crippen LogP contribution in [0.25, 0.3) is 0 Å². The molecule has 0 bridgehead atoms. The fraction of sp³-hybridized carbons (Fsp3) is 0.333. The minimum atomic E-state index is -1.19. The van der Waals surface area contributed by atoms with Crippen molar-refractivity contribution in [2.45, 2.75) is 13.0 Å². The average Bonchev–Trinajstić information content (AvgIpc) is 2.42. The van der Waals surface area contributed by atoms with Crippen molar-refractivity contribution in [3.05, 3.63) is 35.9 Å². The number of carbonyl (C=O) groups excluding carboxylic acids is 2. The molecule has 0 aliphatic carbocycles. The third-order valence-electron chi connectivity index (χ3n) is 2.33. The number of rotatable bonds is 6. The highest BCUT2D eigenvalue weighted by Gasteiger charge is 2.29. The lowest BCUT2D eigenvalue weighted by atomic mass is 10.1. The summed E-state index contributed by atoms with van der Waals surface area (Å²) in [6.45, 7) is -0.278. The average molecular weight is 253 g/mol. The zero-order valence-electron chi connectivity index (χ0n) is 9.74. The highest BCUT2D eigenvalue weighted by atomic mass is 16.7. The summed E-state index contributed by atoms with van der Waals surface area (Å²) in [6.07, 6.45) is -0.0797. The number of aliphatic hydroxyl groups excluding tert-OH is 1. The van der Waals surface area contributed by atoms with Gasteiger partial charge in [-0.25, -0.2) is 4.79 Å². The second kappa shape index (κ2) is 7.41. The maximum atomic E-state index is 11.6. The van der Waals surface area contributed by atoms with Crippen LogP contribution < -0.4 is 5.90 Å². The Morgan fingerprint density at radius 3 is 2.44 bits per heavy atom. The van der Waals surface area contributed by atoms with Crippen molar-refractivity contribution in [2.24, 2.45) is 11.8 Å². The van der Waals surface area contributed by atoms with Gasteiger partial charge in [0.25, 0.3) is 0 Å². The summed E-state index contributed by atoms with van der Waals surface area (Å²) in [7, 11) is 0. The molecular weight excluding hydrogens is 238 g/mol. The van der Waals surface area contributed by atoms with E-state index in [4.69, 9.17) is 15.7 Å². The highest BCUT2D eigenvalue weighted by molar-refractivity contribution is 5.94. The van der Waals surface area contributed by atoms with Gasteiger partial charge in [-0.2, -0.15) is 5.90 Å². The first-order valence-electron chi connectivity index (χ1n) is 5.41. The number of benzene rings is 1. The molecule has 1 atom stereocenters. The number of esters is 1. The molecule has 0 aliphatic rings. The van der Waals surface area contributed by atoms with Gasteiger partial charge in [-0.3, -0.25) is 4.79 Å². The van der Waals surface area contributed by atoms with Crippen LogP contribution in [0.1, 0.15) is 12.0 Å². The van der Waals surface area contributed by atoms with E-state index in [1.807, 2.05) is 18.2 Å². The van der Waals surface area contributed by atoms with E-state index in [-0.39, 0.29) is 19.6 Å². The lowest BCUT2D eigenvalue weighted by Gasteiger charge is -2.12. The summed E-state index contributed by atoms with van der Waals surface area (Å²) in [5.74, 6) is 1.84. The van der Waals surface area contributed by atoms with Gasteiger partial charge >= 0.3 is 11.9 Å². The van der Waals surface area contributed by atoms with Crippen LogP contribution in [0.5, 0.6) is 0 Å². The summed E-state index contributed by atoms with van der Waals surface area (Å²) < 4.78 is 4.96. The predicted molar refractivity (Wildman–Crippen MR) is 61.7 cm³/mol. The number of carbonyl (C=O) groups is 2. The van der Waals surface area contributed by atoms with Crippen LogP contribution in [-0.4, -0.2) is 23.7 Å². The number of nitrogens with two attached hydrogens (primary N) is 1. The SMILES string of the molecule is NOC(=O)[C@H](CCO)C(=O)OCc1ccccc1. The Bertz CT molecular complexity index is 393. The molecule has 6 heteroatoms. The molecule has 1 aromatic rings. The lowest BCUT2D eigenvalue weighted by molar-refractivity contribution is -0.164. The Morgan fingerprint density at radius 2 is 1.89 bits per heavy atom. The third-order valence-corrected chi connectivity index (χ3v) is 2.33. The molecule has 6 nitrogen and oxygen atoms in total. The van der Waals surface area contributed by atoms with Gasteiger partial charge < -0.3 is 14.7 Å². The number of aliphatic hydroxyl groups is 1. The van der Waals surface area contributed by atoms with Gasteiger partial charge in [0.2, 0.25) is 0 Å². The molecule has 0 aliphatic heterocycles. The molecule has 0 unspecified atom stereocenters. The van der Waals surface area contributed by atoms with E-state index in [1.54, 1.807) is 12.1 Å². The lowest BCUT2D eigenvalue weighted by Crippen LogP contribution is -2.30. The molecule has 1 rings (SSSR count). The molecule has 0 spiro atoms. The predicted octanol–water partition coefficient (Wildman–Crippen LogP) is 0.145. The quantitative estimate of drug-likeness (QED) is 0.425. The van der Waals surface area contributed by atoms with E-state index in [9.17, 15) is 9.59 Å². The Hall–Kier alpha value is -1.92. The smallest absolute Gasteiger partial charge is 0.338 e. The Kier molecular flexibility index (Phi) is 5.83. The van der Waals surface area contributed by atoms with Gasteiger partial charge in [-0.05, 0) is 12.0 Å². The molecule has 18 heavy (non-hydrogen) atoms. The second-order valence-corrected chi connectivity index (χ2v) is 3.60. The van der Waals surface area contributed by atoms with Crippen LogP contribution in [0.4, 0.5) is 0 Å². The zero-order chi connectivity index (χ0) is 13.4. The van der Waals surface area contributed by atoms with Crippen LogP contribution in [0.2, 0.25) is 0 Å². The first-order valence-corrected chi connectivity index (χ1v) is 5.41. The fourth-order valence-electron chi connectivity index (χ4n) is 1.37. The highest BCUT2D eigenvalue weighted by Crippen LogP contribution is 2.09. The van der Waals surface area contributed by atoms with Gasteiger partial charge in [0.15, 0.2) is 5.92 Å². The summed E-state index contributed by atoms with van der Waals surface area (Å²) in [6, 6.07) is 9.03. The summed E-state index contributed by atoms with van der Waals surface area (Å²) in [5.41, 5.74) is 0.801. The van der Waals surface area contributed by atoms with Gasteiger partial charge in [0, 0.05) is 6.61 Å². The van der Waals surface area contributed by atoms with Crippen LogP contribution >= 0.6 is 0 Å². The van der Waals surface area contributed by atoms with E-state index in [2.05, 4.69) is 4.84 Å². The first kappa shape index (κ1) is 14.1. The van der Waals surface area contributed by atoms with Crippen molar-refractivity contribution < 1.29 is 24.3 Å². The minimum Gasteiger partial charge on any atom is -0.460 e. The topological polar surface area (TPSA) is 98.9 Å². The van der Waals surface area contributed by atoms with Gasteiger partial charge in [0.05, 0.1) is 0 Å². The van der Waals surface area contributed by atoms with Crippen molar-refractivity contribution >= 4 is 11.9 Å². The Balaban J connectivity index is 2.54. The van der Waals surface area contributed by atoms with Crippen LogP contribution in [-0.2, 0) is 25.8 Å². The van der Waals surface area contributed by atoms with E-state index in [0.717, 1.165) is 5.56 Å². The second-order valence-electron chi connectivity index (χ2n) is 3.60. The van der Waals surface area contributed by atoms with Crippen molar-refractivity contribution in [2.75, 3.05) is 6.61 Å². The van der Waals surface area contributed by atoms with Crippen LogP contribution in [0.15, 0.2) is 30.3 Å². The van der Waals surface area contributed by atoms with E-state index < -0.39 is 17.9 Å². The van der Waals surface area contributed by atoms with E-state index in [1.165, 1.54) is 0 Å². The summed E-state index contributed by atoms with van der Waals surface area (Å²) in [5, 5.41) is 8.76. The van der Waals surface area contributed by atoms with Crippen molar-refractivity contribution in [3.63, 3.8) is 0 Å². The van der Waals surface area contributed by atoms with Crippen molar-refractivity contribution in [1.82, 2.24) is 0 Å². The monoisotopic (exact) mass is 253 g/mol. The molecular formula is C12H15NO5. The molecule has 98 valence electrons. The van der Waals surface area contributed by atoms with E-state index in [0.29, 0.717) is 0 Å². The maximum absolute atomic E-state index is 11.6. The standard InChI is InChI=1S/C12H15NO5/c13-18-12(16)10(6-7-14)11(15)17-8-9-4-2-1-3-5-9/h1-5,10,14H,6-8,13H2/t10-/m1/s1. The molecule has 0 aromatic heterocycles. The summed E-state index contributed by atoms with van der Waals surface area (Å²) in [4.78, 5) is 26.8. The number of ether oxygens (including phenoxy) is 1. The van der Waals surface area contributed by atoms with Crippen molar-refractivity contribution in [1.29, 1.82) is 0 Å². The number of hydrogen-bond acceptors (Lipinski definition) is 6. The Morgan fingerprint density at radius 1 is 1.22 bits per heavy atom. The fourth-order valence-corrected chi connectivity index (χ4v) is 1.37. The zero-order valence-corrected chi connectivity index (χ0v) is 9.74. The molecule has 0 heterocycles. The Labute approximate surface area is 104 Å². The van der Waals surface area contributed by atoms with E-state index >= 15 is 0 Å². The summed E-state index contributed by atoms with van der Waals surface area (Å²) >= 11 is 0. The molecule has 0 radical (unpaired) electrons. The van der Waals surface area contributed by atoms with Gasteiger partial charge in [-0.15, -0.1) is 0 Å². The molecule has 0 fully saturated rings. The minimum absolute atomic E-state index is 0.0550. The molecule has 3 N–H and O–H groups in total. The largest absolute Gasteiger partial charge is 0.460 e. The molecule has 0 saturated heterocycles. The van der Waals surface area contributed by atoms with Crippen LogP contribution in [0, 0.1) is 5.92 Å². The molecule has 0 saturated carbocycles. The van der Waals surface area contributed by atoms with Crippen LogP contribution in [0.3, 0.4) is 0 Å². The third kappa shape index (κ3) is 4.15. The normalized spacial score (nSPS) is 11.7. The van der Waals surface area contributed by atoms with Crippen molar-refractivity contribution in [3.8, 4) is 0 Å². The molecule has 1 aromatic carbocycles.